The van der Waals surface area contributed by atoms with Crippen LogP contribution >= 0.6 is 0 Å². The molecule has 28 heavy (non-hydrogen) atoms. The second kappa shape index (κ2) is 6.15. The van der Waals surface area contributed by atoms with E-state index < -0.39 is 34.9 Å². The minimum absolute atomic E-state index is 0.0995. The molecule has 0 aromatic heterocycles. The van der Waals surface area contributed by atoms with E-state index in [1.54, 1.807) is 24.3 Å². The van der Waals surface area contributed by atoms with E-state index in [1.807, 2.05) is 0 Å². The van der Waals surface area contributed by atoms with Crippen LogP contribution in [0, 0.1) is 0 Å². The molecule has 0 radical (unpaired) electrons. The standard InChI is InChI=1S/C21H14F3NO3/c22-21(23,24)14-7-5-13(6-8-14)17(26)9-10-20(11-12-20)25-18(27)15-3-1-2-4-16(15)19(25)28/h1-10H,11-12H2/b10-9+. The molecule has 2 amide bonds. The molecule has 0 N–H and O–H groups in total. The third-order valence-corrected chi connectivity index (χ3v) is 5.04. The molecule has 1 saturated carbocycles. The highest BCUT2D eigenvalue weighted by Gasteiger charge is 2.54. The van der Waals surface area contributed by atoms with Crippen molar-refractivity contribution in [2.45, 2.75) is 24.6 Å². The van der Waals surface area contributed by atoms with Gasteiger partial charge in [0.05, 0.1) is 22.2 Å². The Labute approximate surface area is 158 Å². The number of ketones is 1. The van der Waals surface area contributed by atoms with E-state index in [0.29, 0.717) is 24.0 Å². The summed E-state index contributed by atoms with van der Waals surface area (Å²) in [6.45, 7) is 0. The predicted octanol–water partition coefficient (Wildman–Crippen LogP) is 4.27. The van der Waals surface area contributed by atoms with Crippen molar-refractivity contribution in [3.63, 3.8) is 0 Å². The fourth-order valence-corrected chi connectivity index (χ4v) is 3.34. The van der Waals surface area contributed by atoms with Crippen molar-refractivity contribution in [1.82, 2.24) is 4.90 Å². The molecule has 0 spiro atoms. The van der Waals surface area contributed by atoms with Gasteiger partial charge >= 0.3 is 6.18 Å². The van der Waals surface area contributed by atoms with E-state index in [0.717, 1.165) is 24.3 Å². The van der Waals surface area contributed by atoms with Crippen molar-refractivity contribution in [2.24, 2.45) is 0 Å². The van der Waals surface area contributed by atoms with Crippen LogP contribution in [-0.2, 0) is 6.18 Å². The van der Waals surface area contributed by atoms with Gasteiger partial charge in [-0.3, -0.25) is 19.3 Å². The lowest BCUT2D eigenvalue weighted by molar-refractivity contribution is -0.137. The second-order valence-electron chi connectivity index (χ2n) is 6.87. The first-order chi connectivity index (χ1) is 13.2. The van der Waals surface area contributed by atoms with Crippen LogP contribution < -0.4 is 0 Å². The first-order valence-corrected chi connectivity index (χ1v) is 8.62. The zero-order valence-electron chi connectivity index (χ0n) is 14.5. The first kappa shape index (κ1) is 18.2. The maximum absolute atomic E-state index is 12.6. The van der Waals surface area contributed by atoms with Crippen LogP contribution in [-0.4, -0.2) is 28.0 Å². The lowest BCUT2D eigenvalue weighted by Crippen LogP contribution is -2.40. The molecule has 0 atom stereocenters. The Kier molecular flexibility index (Phi) is 3.99. The maximum Gasteiger partial charge on any atom is 0.416 e. The number of benzene rings is 2. The second-order valence-corrected chi connectivity index (χ2v) is 6.87. The fraction of sp³-hybridized carbons (Fsp3) is 0.190. The molecule has 2 aromatic rings. The monoisotopic (exact) mass is 385 g/mol. The molecule has 142 valence electrons. The molecular formula is C21H14F3NO3. The Morgan fingerprint density at radius 2 is 1.46 bits per heavy atom. The molecule has 4 nitrogen and oxygen atoms in total. The van der Waals surface area contributed by atoms with Crippen LogP contribution in [0.5, 0.6) is 0 Å². The highest BCUT2D eigenvalue weighted by Crippen LogP contribution is 2.46. The van der Waals surface area contributed by atoms with Gasteiger partial charge in [-0.2, -0.15) is 13.2 Å². The van der Waals surface area contributed by atoms with Crippen molar-refractivity contribution < 1.29 is 27.6 Å². The lowest BCUT2D eigenvalue weighted by Gasteiger charge is -2.22. The predicted molar refractivity (Wildman–Crippen MR) is 93.8 cm³/mol. The van der Waals surface area contributed by atoms with Crippen molar-refractivity contribution in [3.8, 4) is 0 Å². The van der Waals surface area contributed by atoms with E-state index in [9.17, 15) is 27.6 Å². The minimum Gasteiger partial charge on any atom is -0.289 e. The normalized spacial score (nSPS) is 17.9. The fourth-order valence-electron chi connectivity index (χ4n) is 3.34. The first-order valence-electron chi connectivity index (χ1n) is 8.62. The number of imide groups is 1. The number of carbonyl (C=O) groups excluding carboxylic acids is 3. The van der Waals surface area contributed by atoms with Crippen molar-refractivity contribution in [2.75, 3.05) is 0 Å². The smallest absolute Gasteiger partial charge is 0.289 e. The van der Waals surface area contributed by atoms with Crippen LogP contribution in [0.25, 0.3) is 0 Å². The minimum atomic E-state index is -4.47. The Hall–Kier alpha value is -3.22. The van der Waals surface area contributed by atoms with E-state index in [2.05, 4.69) is 0 Å². The van der Waals surface area contributed by atoms with E-state index in [1.165, 1.54) is 17.1 Å². The summed E-state index contributed by atoms with van der Waals surface area (Å²) < 4.78 is 37.9. The molecule has 0 saturated heterocycles. The summed E-state index contributed by atoms with van der Waals surface area (Å²) in [4.78, 5) is 38.7. The highest BCUT2D eigenvalue weighted by atomic mass is 19.4. The van der Waals surface area contributed by atoms with Crippen LogP contribution in [0.4, 0.5) is 13.2 Å². The molecule has 1 aliphatic carbocycles. The summed E-state index contributed by atoms with van der Waals surface area (Å²) in [6, 6.07) is 10.4. The molecule has 0 bridgehead atoms. The number of alkyl halides is 3. The zero-order valence-corrected chi connectivity index (χ0v) is 14.5. The van der Waals surface area contributed by atoms with Gasteiger partial charge in [0.15, 0.2) is 5.78 Å². The van der Waals surface area contributed by atoms with Gasteiger partial charge in [-0.05, 0) is 43.2 Å². The number of rotatable bonds is 4. The maximum atomic E-state index is 12.6. The molecule has 1 aliphatic heterocycles. The topological polar surface area (TPSA) is 54.5 Å². The van der Waals surface area contributed by atoms with Crippen LogP contribution in [0.2, 0.25) is 0 Å². The van der Waals surface area contributed by atoms with Gasteiger partial charge < -0.3 is 0 Å². The van der Waals surface area contributed by atoms with Gasteiger partial charge in [-0.15, -0.1) is 0 Å². The van der Waals surface area contributed by atoms with Crippen molar-refractivity contribution in [3.05, 3.63) is 82.9 Å². The SMILES string of the molecule is O=C(/C=C/C1(N2C(=O)c3ccccc3C2=O)CC1)c1ccc(C(F)(F)F)cc1. The molecule has 0 unspecified atom stereocenters. The molecule has 4 rings (SSSR count). The summed E-state index contributed by atoms with van der Waals surface area (Å²) >= 11 is 0. The van der Waals surface area contributed by atoms with Gasteiger partial charge in [0, 0.05) is 5.56 Å². The third-order valence-electron chi connectivity index (χ3n) is 5.04. The summed E-state index contributed by atoms with van der Waals surface area (Å²) in [5.74, 6) is -1.29. The summed E-state index contributed by atoms with van der Waals surface area (Å²) in [6.07, 6.45) is -0.667. The van der Waals surface area contributed by atoms with Crippen LogP contribution in [0.15, 0.2) is 60.7 Å². The molecule has 2 aliphatic rings. The van der Waals surface area contributed by atoms with Gasteiger partial charge in [0.2, 0.25) is 0 Å². The number of halogens is 3. The lowest BCUT2D eigenvalue weighted by atomic mass is 10.1. The summed E-state index contributed by atoms with van der Waals surface area (Å²) in [5.41, 5.74) is -0.919. The van der Waals surface area contributed by atoms with Crippen molar-refractivity contribution in [1.29, 1.82) is 0 Å². The molecule has 2 aromatic carbocycles. The van der Waals surface area contributed by atoms with Gasteiger partial charge in [0.25, 0.3) is 11.8 Å². The van der Waals surface area contributed by atoms with Crippen molar-refractivity contribution >= 4 is 17.6 Å². The Morgan fingerprint density at radius 1 is 0.929 bits per heavy atom. The zero-order chi connectivity index (χ0) is 20.1. The average Bonchev–Trinajstić information content (AvgIpc) is 3.41. The number of carbonyl (C=O) groups is 3. The quantitative estimate of drug-likeness (QED) is 0.449. The number of fused-ring (bicyclic) bond motifs is 1. The van der Waals surface area contributed by atoms with Crippen LogP contribution in [0.3, 0.4) is 0 Å². The van der Waals surface area contributed by atoms with E-state index >= 15 is 0 Å². The average molecular weight is 385 g/mol. The number of nitrogens with zero attached hydrogens (tertiary/aromatic N) is 1. The molecule has 7 heteroatoms. The summed E-state index contributed by atoms with van der Waals surface area (Å²) in [7, 11) is 0. The number of hydrogen-bond acceptors (Lipinski definition) is 3. The Balaban J connectivity index is 1.54. The Morgan fingerprint density at radius 3 is 1.93 bits per heavy atom. The number of allylic oxidation sites excluding steroid dienone is 1. The number of hydrogen-bond donors (Lipinski definition) is 0. The largest absolute Gasteiger partial charge is 0.416 e. The Bertz CT molecular complexity index is 983. The molecular weight excluding hydrogens is 371 g/mol. The highest BCUT2D eigenvalue weighted by molar-refractivity contribution is 6.22. The van der Waals surface area contributed by atoms with E-state index in [4.69, 9.17) is 0 Å². The third kappa shape index (κ3) is 2.93. The summed E-state index contributed by atoms with van der Waals surface area (Å²) in [5, 5.41) is 0. The molecule has 1 heterocycles. The van der Waals surface area contributed by atoms with Gasteiger partial charge in [-0.25, -0.2) is 0 Å². The number of amides is 2. The van der Waals surface area contributed by atoms with E-state index in [-0.39, 0.29) is 5.56 Å². The van der Waals surface area contributed by atoms with Crippen LogP contribution in [0.1, 0.15) is 49.5 Å². The molecule has 1 fully saturated rings. The van der Waals surface area contributed by atoms with Gasteiger partial charge in [0.1, 0.15) is 0 Å². The van der Waals surface area contributed by atoms with Gasteiger partial charge in [-0.1, -0.05) is 30.3 Å².